The van der Waals surface area contributed by atoms with Gasteiger partial charge < -0.3 is 10.6 Å². The molecule has 1 aliphatic rings. The van der Waals surface area contributed by atoms with E-state index in [1.807, 2.05) is 18.2 Å². The molecule has 0 aliphatic carbocycles. The van der Waals surface area contributed by atoms with Crippen molar-refractivity contribution in [3.8, 4) is 0 Å². The highest BCUT2D eigenvalue weighted by Gasteiger charge is 2.27. The minimum absolute atomic E-state index is 0. The lowest BCUT2D eigenvalue weighted by Gasteiger charge is -2.32. The van der Waals surface area contributed by atoms with Crippen LogP contribution in [0, 0.1) is 0 Å². The average molecular weight is 311 g/mol. The van der Waals surface area contributed by atoms with Crippen LogP contribution < -0.4 is 10.6 Å². The third-order valence-electron chi connectivity index (χ3n) is 4.27. The first kappa shape index (κ1) is 18.0. The molecule has 0 spiro atoms. The Morgan fingerprint density at radius 3 is 2.62 bits per heavy atom. The van der Waals surface area contributed by atoms with Gasteiger partial charge in [0.1, 0.15) is 0 Å². The van der Waals surface area contributed by atoms with E-state index in [1.165, 1.54) is 5.56 Å². The molecule has 0 saturated carbocycles. The summed E-state index contributed by atoms with van der Waals surface area (Å²) in [7, 11) is 0. The summed E-state index contributed by atoms with van der Waals surface area (Å²) in [5.74, 6) is 0.152. The summed E-state index contributed by atoms with van der Waals surface area (Å²) in [6.07, 6.45) is 2.74. The van der Waals surface area contributed by atoms with Crippen molar-refractivity contribution >= 4 is 18.3 Å². The topological polar surface area (TPSA) is 41.1 Å². The average Bonchev–Trinajstić information content (AvgIpc) is 2.42. The molecular formula is C17H27ClN2O. The summed E-state index contributed by atoms with van der Waals surface area (Å²) < 4.78 is 0. The van der Waals surface area contributed by atoms with Gasteiger partial charge in [-0.1, -0.05) is 44.2 Å². The predicted octanol–water partition coefficient (Wildman–Crippen LogP) is 3.03. The standard InChI is InChI=1S/C17H26N2O.ClH/c1-13-15(10-7-11-18-13)19-16(20)12-17(2,3)14-8-5-4-6-9-14;/h4-6,8-9,13,15,18H,7,10-12H2,1-3H3,(H,19,20);1H. The highest BCUT2D eigenvalue weighted by atomic mass is 35.5. The Morgan fingerprint density at radius 1 is 1.33 bits per heavy atom. The van der Waals surface area contributed by atoms with Crippen LogP contribution in [0.4, 0.5) is 0 Å². The monoisotopic (exact) mass is 310 g/mol. The molecular weight excluding hydrogens is 284 g/mol. The second-order valence-electron chi connectivity index (χ2n) is 6.49. The van der Waals surface area contributed by atoms with Crippen LogP contribution in [0.2, 0.25) is 0 Å². The summed E-state index contributed by atoms with van der Waals surface area (Å²) in [4.78, 5) is 12.3. The van der Waals surface area contributed by atoms with Crippen molar-refractivity contribution in [3.63, 3.8) is 0 Å². The molecule has 0 radical (unpaired) electrons. The van der Waals surface area contributed by atoms with Gasteiger partial charge in [-0.15, -0.1) is 12.4 Å². The van der Waals surface area contributed by atoms with Crippen LogP contribution in [0.1, 0.15) is 45.6 Å². The minimum atomic E-state index is -0.128. The summed E-state index contributed by atoms with van der Waals surface area (Å²) in [6.45, 7) is 7.46. The van der Waals surface area contributed by atoms with Crippen molar-refractivity contribution in [3.05, 3.63) is 35.9 Å². The number of carbonyl (C=O) groups is 1. The first-order valence-electron chi connectivity index (χ1n) is 7.57. The quantitative estimate of drug-likeness (QED) is 0.897. The number of hydrogen-bond donors (Lipinski definition) is 2. The van der Waals surface area contributed by atoms with Crippen LogP contribution in [-0.4, -0.2) is 24.5 Å². The molecule has 0 aromatic heterocycles. The van der Waals surface area contributed by atoms with Crippen LogP contribution in [0.3, 0.4) is 0 Å². The molecule has 1 amide bonds. The molecule has 1 aliphatic heterocycles. The summed E-state index contributed by atoms with van der Waals surface area (Å²) >= 11 is 0. The van der Waals surface area contributed by atoms with Gasteiger partial charge >= 0.3 is 0 Å². The van der Waals surface area contributed by atoms with Crippen molar-refractivity contribution in [2.45, 2.75) is 57.5 Å². The molecule has 1 saturated heterocycles. The minimum Gasteiger partial charge on any atom is -0.352 e. The number of hydrogen-bond acceptors (Lipinski definition) is 2. The number of rotatable bonds is 4. The van der Waals surface area contributed by atoms with E-state index in [2.05, 4.69) is 43.5 Å². The van der Waals surface area contributed by atoms with Gasteiger partial charge in [-0.3, -0.25) is 4.79 Å². The van der Waals surface area contributed by atoms with Crippen LogP contribution in [0.5, 0.6) is 0 Å². The summed E-state index contributed by atoms with van der Waals surface area (Å²) in [5.41, 5.74) is 1.08. The molecule has 21 heavy (non-hydrogen) atoms. The zero-order chi connectivity index (χ0) is 14.6. The molecule has 4 heteroatoms. The Labute approximate surface area is 134 Å². The van der Waals surface area contributed by atoms with E-state index in [-0.39, 0.29) is 29.8 Å². The molecule has 1 fully saturated rings. The lowest BCUT2D eigenvalue weighted by molar-refractivity contribution is -0.123. The van der Waals surface area contributed by atoms with Crippen LogP contribution in [0.25, 0.3) is 0 Å². The number of nitrogens with one attached hydrogen (secondary N) is 2. The van der Waals surface area contributed by atoms with Gasteiger partial charge in [-0.05, 0) is 37.3 Å². The van der Waals surface area contributed by atoms with Gasteiger partial charge in [-0.25, -0.2) is 0 Å². The third-order valence-corrected chi connectivity index (χ3v) is 4.27. The van der Waals surface area contributed by atoms with Crippen LogP contribution in [-0.2, 0) is 10.2 Å². The van der Waals surface area contributed by atoms with Gasteiger partial charge in [0.2, 0.25) is 5.91 Å². The predicted molar refractivity (Wildman–Crippen MR) is 90.0 cm³/mol. The van der Waals surface area contributed by atoms with Crippen molar-refractivity contribution in [1.29, 1.82) is 0 Å². The number of carbonyl (C=O) groups excluding carboxylic acids is 1. The Bertz CT molecular complexity index is 447. The number of amides is 1. The van der Waals surface area contributed by atoms with E-state index >= 15 is 0 Å². The Morgan fingerprint density at radius 2 is 2.00 bits per heavy atom. The van der Waals surface area contributed by atoms with E-state index in [1.54, 1.807) is 0 Å². The van der Waals surface area contributed by atoms with E-state index < -0.39 is 0 Å². The Kier molecular flexibility index (Phi) is 6.69. The highest BCUT2D eigenvalue weighted by Crippen LogP contribution is 2.26. The fourth-order valence-corrected chi connectivity index (χ4v) is 2.89. The van der Waals surface area contributed by atoms with Gasteiger partial charge in [0.15, 0.2) is 0 Å². The molecule has 1 heterocycles. The molecule has 3 nitrogen and oxygen atoms in total. The largest absolute Gasteiger partial charge is 0.352 e. The van der Waals surface area contributed by atoms with Gasteiger partial charge in [0.25, 0.3) is 0 Å². The Balaban J connectivity index is 0.00000220. The maximum absolute atomic E-state index is 12.3. The van der Waals surface area contributed by atoms with Gasteiger partial charge in [0.05, 0.1) is 0 Å². The molecule has 2 N–H and O–H groups in total. The van der Waals surface area contributed by atoms with Gasteiger partial charge in [0, 0.05) is 18.5 Å². The van der Waals surface area contributed by atoms with Crippen LogP contribution in [0.15, 0.2) is 30.3 Å². The van der Waals surface area contributed by atoms with E-state index in [4.69, 9.17) is 0 Å². The molecule has 2 unspecified atom stereocenters. The zero-order valence-corrected chi connectivity index (χ0v) is 14.0. The first-order valence-corrected chi connectivity index (χ1v) is 7.57. The third kappa shape index (κ3) is 5.01. The maximum atomic E-state index is 12.3. The van der Waals surface area contributed by atoms with Crippen molar-refractivity contribution in [1.82, 2.24) is 10.6 Å². The number of halogens is 1. The molecule has 2 atom stereocenters. The smallest absolute Gasteiger partial charge is 0.221 e. The molecule has 118 valence electrons. The van der Waals surface area contributed by atoms with Crippen molar-refractivity contribution < 1.29 is 4.79 Å². The van der Waals surface area contributed by atoms with E-state index in [0.717, 1.165) is 19.4 Å². The second-order valence-corrected chi connectivity index (χ2v) is 6.49. The maximum Gasteiger partial charge on any atom is 0.221 e. The zero-order valence-electron chi connectivity index (χ0n) is 13.2. The molecule has 1 aromatic rings. The van der Waals surface area contributed by atoms with E-state index in [0.29, 0.717) is 12.5 Å². The van der Waals surface area contributed by atoms with Crippen LogP contribution >= 0.6 is 12.4 Å². The van der Waals surface area contributed by atoms with Gasteiger partial charge in [-0.2, -0.15) is 0 Å². The first-order chi connectivity index (χ1) is 9.49. The van der Waals surface area contributed by atoms with Crippen molar-refractivity contribution in [2.24, 2.45) is 0 Å². The summed E-state index contributed by atoms with van der Waals surface area (Å²) in [5, 5.41) is 6.61. The highest BCUT2D eigenvalue weighted by molar-refractivity contribution is 5.85. The number of piperidine rings is 1. The SMILES string of the molecule is CC1NCCCC1NC(=O)CC(C)(C)c1ccccc1.Cl. The molecule has 2 rings (SSSR count). The Hall–Kier alpha value is -1.06. The second kappa shape index (κ2) is 7.81. The fourth-order valence-electron chi connectivity index (χ4n) is 2.89. The lowest BCUT2D eigenvalue weighted by Crippen LogP contribution is -2.52. The summed E-state index contributed by atoms with van der Waals surface area (Å²) in [6, 6.07) is 10.9. The van der Waals surface area contributed by atoms with Crippen molar-refractivity contribution in [2.75, 3.05) is 6.54 Å². The van der Waals surface area contributed by atoms with E-state index in [9.17, 15) is 4.79 Å². The molecule has 1 aromatic carbocycles. The normalized spacial score (nSPS) is 22.2. The number of benzene rings is 1. The fraction of sp³-hybridized carbons (Fsp3) is 0.588. The molecule has 0 bridgehead atoms. The lowest BCUT2D eigenvalue weighted by atomic mass is 9.81.